The van der Waals surface area contributed by atoms with Gasteiger partial charge >= 0.3 is 6.03 Å². The van der Waals surface area contributed by atoms with Crippen LogP contribution in [0.4, 0.5) is 4.79 Å². The van der Waals surface area contributed by atoms with E-state index >= 15 is 0 Å². The lowest BCUT2D eigenvalue weighted by Crippen LogP contribution is -2.40. The number of carbonyl (C=O) groups excluding carboxylic acids is 2. The van der Waals surface area contributed by atoms with Gasteiger partial charge in [-0.25, -0.2) is 9.78 Å². The van der Waals surface area contributed by atoms with Gasteiger partial charge in [-0.2, -0.15) is 0 Å². The number of nitrogens with one attached hydrogen (secondary N) is 2. The van der Waals surface area contributed by atoms with Crippen LogP contribution in [0.5, 0.6) is 0 Å². The molecule has 0 fully saturated rings. The summed E-state index contributed by atoms with van der Waals surface area (Å²) < 4.78 is 1.38. The molecule has 2 aromatic carbocycles. The first-order valence-corrected chi connectivity index (χ1v) is 9.84. The van der Waals surface area contributed by atoms with Crippen LogP contribution in [0.3, 0.4) is 0 Å². The topological polar surface area (TPSA) is 93.1 Å². The number of thioether (sulfide) groups is 1. The number of nitrogens with zero attached hydrogens (tertiary/aromatic N) is 2. The zero-order valence-corrected chi connectivity index (χ0v) is 16.5. The molecule has 0 saturated heterocycles. The monoisotopic (exact) mass is 416 g/mol. The lowest BCUT2D eigenvalue weighted by atomic mass is 10.2. The van der Waals surface area contributed by atoms with Gasteiger partial charge in [0.1, 0.15) is 0 Å². The second-order valence-corrected chi connectivity index (χ2v) is 7.05. The maximum Gasteiger partial charge on any atom is 0.321 e. The lowest BCUT2D eigenvalue weighted by Gasteiger charge is -2.14. The molecule has 0 unspecified atom stereocenters. The van der Waals surface area contributed by atoms with Crippen LogP contribution >= 0.6 is 23.4 Å². The molecule has 1 heterocycles. The first-order valence-electron chi connectivity index (χ1n) is 8.48. The highest BCUT2D eigenvalue weighted by atomic mass is 35.5. The van der Waals surface area contributed by atoms with Crippen LogP contribution in [0, 0.1) is 0 Å². The van der Waals surface area contributed by atoms with Gasteiger partial charge in [-0.1, -0.05) is 47.6 Å². The summed E-state index contributed by atoms with van der Waals surface area (Å²) in [5.74, 6) is -0.587. The molecule has 0 radical (unpaired) electrons. The third-order valence-corrected chi connectivity index (χ3v) is 5.02. The number of hydrogen-bond acceptors (Lipinski definition) is 5. The number of amides is 3. The molecule has 28 heavy (non-hydrogen) atoms. The minimum absolute atomic E-state index is 0.0909. The first-order chi connectivity index (χ1) is 13.5. The van der Waals surface area contributed by atoms with Crippen LogP contribution in [0.1, 0.15) is 6.92 Å². The maximum absolute atomic E-state index is 13.1. The van der Waals surface area contributed by atoms with Gasteiger partial charge in [-0.3, -0.25) is 19.5 Å². The van der Waals surface area contributed by atoms with Gasteiger partial charge in [0.2, 0.25) is 5.91 Å². The number of rotatable bonds is 5. The van der Waals surface area contributed by atoms with Gasteiger partial charge in [0, 0.05) is 6.54 Å². The molecule has 0 atom stereocenters. The van der Waals surface area contributed by atoms with E-state index in [2.05, 4.69) is 15.6 Å². The van der Waals surface area contributed by atoms with Gasteiger partial charge in [0.05, 0.1) is 27.4 Å². The largest absolute Gasteiger partial charge is 0.338 e. The van der Waals surface area contributed by atoms with Crippen LogP contribution in [-0.4, -0.2) is 33.8 Å². The van der Waals surface area contributed by atoms with E-state index in [0.717, 1.165) is 11.8 Å². The average molecular weight is 417 g/mol. The van der Waals surface area contributed by atoms with E-state index in [1.165, 1.54) is 4.57 Å². The molecule has 0 bridgehead atoms. The molecule has 3 aromatic rings. The van der Waals surface area contributed by atoms with E-state index in [1.807, 2.05) is 0 Å². The predicted octanol–water partition coefficient (Wildman–Crippen LogP) is 2.98. The molecular formula is C19H17ClN4O3S. The number of imide groups is 1. The fraction of sp³-hybridized carbons (Fsp3) is 0.158. The minimum atomic E-state index is -0.567. The van der Waals surface area contributed by atoms with Crippen molar-refractivity contribution < 1.29 is 9.59 Å². The number of benzene rings is 2. The minimum Gasteiger partial charge on any atom is -0.338 e. The van der Waals surface area contributed by atoms with E-state index in [9.17, 15) is 14.4 Å². The molecule has 144 valence electrons. The van der Waals surface area contributed by atoms with Crippen LogP contribution < -0.4 is 16.2 Å². The number of para-hydroxylation sites is 2. The van der Waals surface area contributed by atoms with Crippen LogP contribution in [0.2, 0.25) is 5.02 Å². The Labute approximate surface area is 170 Å². The van der Waals surface area contributed by atoms with E-state index in [0.29, 0.717) is 33.3 Å². The number of halogens is 1. The summed E-state index contributed by atoms with van der Waals surface area (Å²) >= 11 is 7.34. The molecule has 1 aromatic heterocycles. The number of hydrogen-bond donors (Lipinski definition) is 2. The van der Waals surface area contributed by atoms with Crippen molar-refractivity contribution in [3.63, 3.8) is 0 Å². The molecule has 9 heteroatoms. The summed E-state index contributed by atoms with van der Waals surface area (Å²) in [7, 11) is 0. The summed E-state index contributed by atoms with van der Waals surface area (Å²) in [6.45, 7) is 2.16. The van der Waals surface area contributed by atoms with Crippen LogP contribution in [0.25, 0.3) is 16.6 Å². The zero-order chi connectivity index (χ0) is 20.1. The van der Waals surface area contributed by atoms with Gasteiger partial charge in [-0.15, -0.1) is 0 Å². The average Bonchev–Trinajstić information content (AvgIpc) is 2.67. The van der Waals surface area contributed by atoms with E-state index in [-0.39, 0.29) is 11.3 Å². The molecule has 3 amide bonds. The Morgan fingerprint density at radius 1 is 1.14 bits per heavy atom. The Morgan fingerprint density at radius 3 is 2.61 bits per heavy atom. The zero-order valence-electron chi connectivity index (χ0n) is 14.9. The number of urea groups is 1. The summed E-state index contributed by atoms with van der Waals surface area (Å²) in [6.07, 6.45) is 0. The van der Waals surface area contributed by atoms with E-state index in [4.69, 9.17) is 11.6 Å². The highest BCUT2D eigenvalue weighted by molar-refractivity contribution is 7.99. The summed E-state index contributed by atoms with van der Waals surface area (Å²) in [4.78, 5) is 41.1. The number of aromatic nitrogens is 2. The Balaban J connectivity index is 2.00. The Kier molecular flexibility index (Phi) is 6.33. The van der Waals surface area contributed by atoms with Gasteiger partial charge in [-0.05, 0) is 31.2 Å². The van der Waals surface area contributed by atoms with Crippen molar-refractivity contribution in [1.82, 2.24) is 20.2 Å². The summed E-state index contributed by atoms with van der Waals surface area (Å²) in [5, 5.41) is 5.84. The Morgan fingerprint density at radius 2 is 1.86 bits per heavy atom. The lowest BCUT2D eigenvalue weighted by molar-refractivity contribution is -0.117. The third kappa shape index (κ3) is 4.35. The maximum atomic E-state index is 13.1. The molecular weight excluding hydrogens is 400 g/mol. The van der Waals surface area contributed by atoms with Gasteiger partial charge in [0.25, 0.3) is 5.56 Å². The van der Waals surface area contributed by atoms with Crippen LogP contribution in [-0.2, 0) is 4.79 Å². The smallest absolute Gasteiger partial charge is 0.321 e. The standard InChI is InChI=1S/C19H17ClN4O3S/c1-2-21-18(27)23-16(25)11-28-19-22-14-9-5-3-7-12(14)17(26)24(19)15-10-6-4-8-13(15)20/h3-10H,2,11H2,1H3,(H2,21,23,25,27). The van der Waals surface area contributed by atoms with Crippen molar-refractivity contribution in [1.29, 1.82) is 0 Å². The SMILES string of the molecule is CCNC(=O)NC(=O)CSc1nc2ccccc2c(=O)n1-c1ccccc1Cl. The second-order valence-electron chi connectivity index (χ2n) is 5.70. The molecule has 0 spiro atoms. The molecule has 7 nitrogen and oxygen atoms in total. The van der Waals surface area contributed by atoms with Crippen molar-refractivity contribution in [2.24, 2.45) is 0 Å². The third-order valence-electron chi connectivity index (χ3n) is 3.76. The normalized spacial score (nSPS) is 10.6. The predicted molar refractivity (Wildman–Crippen MR) is 110 cm³/mol. The first kappa shape index (κ1) is 19.9. The van der Waals surface area contributed by atoms with Crippen molar-refractivity contribution >= 4 is 46.2 Å². The summed E-state index contributed by atoms with van der Waals surface area (Å²) in [6, 6.07) is 13.3. The second kappa shape index (κ2) is 8.90. The fourth-order valence-electron chi connectivity index (χ4n) is 2.55. The van der Waals surface area contributed by atoms with E-state index < -0.39 is 11.9 Å². The highest BCUT2D eigenvalue weighted by Crippen LogP contribution is 2.25. The molecule has 2 N–H and O–H groups in total. The Bertz CT molecular complexity index is 1100. The molecule has 0 aliphatic heterocycles. The summed E-state index contributed by atoms with van der Waals surface area (Å²) in [5.41, 5.74) is 0.701. The highest BCUT2D eigenvalue weighted by Gasteiger charge is 2.17. The molecule has 0 aliphatic rings. The molecule has 0 aliphatic carbocycles. The van der Waals surface area contributed by atoms with Crippen molar-refractivity contribution in [2.45, 2.75) is 12.1 Å². The van der Waals surface area contributed by atoms with Crippen molar-refractivity contribution in [3.8, 4) is 5.69 Å². The molecule has 0 saturated carbocycles. The number of carbonyl (C=O) groups is 2. The van der Waals surface area contributed by atoms with Gasteiger partial charge < -0.3 is 5.32 Å². The Hall–Kier alpha value is -2.84. The van der Waals surface area contributed by atoms with E-state index in [1.54, 1.807) is 55.5 Å². The van der Waals surface area contributed by atoms with Gasteiger partial charge in [0.15, 0.2) is 5.16 Å². The fourth-order valence-corrected chi connectivity index (χ4v) is 3.58. The quantitative estimate of drug-likeness (QED) is 0.492. The number of fused-ring (bicyclic) bond motifs is 1. The van der Waals surface area contributed by atoms with Crippen molar-refractivity contribution in [2.75, 3.05) is 12.3 Å². The van der Waals surface area contributed by atoms with Crippen molar-refractivity contribution in [3.05, 3.63) is 63.9 Å². The van der Waals surface area contributed by atoms with Crippen LogP contribution in [0.15, 0.2) is 58.5 Å². The molecule has 3 rings (SSSR count).